The summed E-state index contributed by atoms with van der Waals surface area (Å²) in [7, 11) is 0. The van der Waals surface area contributed by atoms with Gasteiger partial charge in [-0.3, -0.25) is 4.79 Å². The van der Waals surface area contributed by atoms with Gasteiger partial charge >= 0.3 is 0 Å². The first-order chi connectivity index (χ1) is 18.9. The largest absolute Gasteiger partial charge is 0.394 e. The molecule has 0 bridgehead atoms. The summed E-state index contributed by atoms with van der Waals surface area (Å²) in [6.45, 7) is 0.420. The number of aliphatic hydroxyl groups is 9. The second kappa shape index (κ2) is 14.5. The second-order valence-corrected chi connectivity index (χ2v) is 10.8. The molecular weight excluding hydrogens is 540 g/mol. The van der Waals surface area contributed by atoms with Crippen LogP contribution in [0.15, 0.2) is 0 Å². The summed E-state index contributed by atoms with van der Waals surface area (Å²) in [6, 6.07) is -2.28. The summed E-state index contributed by atoms with van der Waals surface area (Å²) in [5, 5.41) is 91.9. The Kier molecular flexibility index (Phi) is 12.2. The van der Waals surface area contributed by atoms with Crippen LogP contribution < -0.4 is 11.5 Å². The molecule has 0 spiro atoms. The minimum atomic E-state index is -1.78. The fraction of sp³-hybridized carbons (Fsp3) is 0.958. The van der Waals surface area contributed by atoms with E-state index in [0.29, 0.717) is 6.42 Å². The van der Waals surface area contributed by atoms with Gasteiger partial charge in [-0.25, -0.2) is 0 Å². The molecule has 2 heterocycles. The van der Waals surface area contributed by atoms with Gasteiger partial charge in [0.2, 0.25) is 0 Å². The summed E-state index contributed by atoms with van der Waals surface area (Å²) >= 11 is 0. The van der Waals surface area contributed by atoms with Crippen molar-refractivity contribution in [2.24, 2.45) is 17.4 Å². The third-order valence-corrected chi connectivity index (χ3v) is 7.90. The predicted octanol–water partition coefficient (Wildman–Crippen LogP) is -5.85. The molecule has 1 aliphatic carbocycles. The van der Waals surface area contributed by atoms with E-state index in [1.807, 2.05) is 0 Å². The third kappa shape index (κ3) is 7.16. The van der Waals surface area contributed by atoms with Gasteiger partial charge < -0.3 is 76.4 Å². The Morgan fingerprint density at radius 3 is 1.95 bits per heavy atom. The average molecular weight is 585 g/mol. The molecular formula is C24H44N2O14. The van der Waals surface area contributed by atoms with Gasteiger partial charge in [0.05, 0.1) is 25.4 Å². The summed E-state index contributed by atoms with van der Waals surface area (Å²) in [5.74, 6) is -1.36. The number of aliphatic hydroxyl groups excluding tert-OH is 9. The molecule has 6 unspecified atom stereocenters. The maximum absolute atomic E-state index is 12.7. The number of hydrogen-bond acceptors (Lipinski definition) is 16. The molecule has 3 rings (SSSR count). The van der Waals surface area contributed by atoms with E-state index in [2.05, 4.69) is 0 Å². The van der Waals surface area contributed by atoms with Crippen molar-refractivity contribution < 1.29 is 69.7 Å². The monoisotopic (exact) mass is 584 g/mol. The molecule has 0 aromatic heterocycles. The molecule has 16 atom stereocenters. The highest BCUT2D eigenvalue weighted by molar-refractivity contribution is 5.83. The first kappa shape index (κ1) is 33.6. The summed E-state index contributed by atoms with van der Waals surface area (Å²) < 4.78 is 22.5. The van der Waals surface area contributed by atoms with Crippen LogP contribution in [-0.2, 0) is 23.7 Å². The van der Waals surface area contributed by atoms with Crippen molar-refractivity contribution in [3.63, 3.8) is 0 Å². The van der Waals surface area contributed by atoms with Crippen LogP contribution in [0.4, 0.5) is 0 Å². The number of ketones is 1. The van der Waals surface area contributed by atoms with Crippen LogP contribution in [0.25, 0.3) is 0 Å². The molecule has 13 N–H and O–H groups in total. The van der Waals surface area contributed by atoms with E-state index >= 15 is 0 Å². The van der Waals surface area contributed by atoms with Crippen molar-refractivity contribution in [3.05, 3.63) is 0 Å². The molecule has 0 amide bonds. The molecule has 234 valence electrons. The minimum Gasteiger partial charge on any atom is -0.394 e. The van der Waals surface area contributed by atoms with Gasteiger partial charge in [-0.1, -0.05) is 13.3 Å². The van der Waals surface area contributed by atoms with Crippen molar-refractivity contribution in [3.8, 4) is 0 Å². The summed E-state index contributed by atoms with van der Waals surface area (Å²) in [6.07, 6.45) is -19.1. The zero-order valence-corrected chi connectivity index (χ0v) is 22.2. The first-order valence-electron chi connectivity index (χ1n) is 13.5. The molecule has 3 fully saturated rings. The van der Waals surface area contributed by atoms with E-state index in [9.17, 15) is 50.8 Å². The Balaban J connectivity index is 1.85. The SMILES string of the molecule is CCC[C@H](O)C(=O)C[C@@H]1CC(N)[C@@H](O[C@H]2OC(CO)[C@@H](O)[C@H](O)C2O)[C@H](O)C1O[C@H]1OC(CO)[C@@H](O)[C@H](N)C1O. The molecule has 2 saturated heterocycles. The van der Waals surface area contributed by atoms with Crippen molar-refractivity contribution >= 4 is 5.78 Å². The average Bonchev–Trinajstić information content (AvgIpc) is 2.92. The van der Waals surface area contributed by atoms with Gasteiger partial charge in [-0.05, 0) is 18.8 Å². The highest BCUT2D eigenvalue weighted by Gasteiger charge is 2.52. The predicted molar refractivity (Wildman–Crippen MR) is 132 cm³/mol. The lowest BCUT2D eigenvalue weighted by Gasteiger charge is -2.48. The van der Waals surface area contributed by atoms with E-state index in [1.54, 1.807) is 6.92 Å². The molecule has 3 aliphatic rings. The van der Waals surface area contributed by atoms with Crippen LogP contribution in [0.2, 0.25) is 0 Å². The number of ether oxygens (including phenoxy) is 4. The van der Waals surface area contributed by atoms with Gasteiger partial charge in [0, 0.05) is 12.5 Å². The van der Waals surface area contributed by atoms with Gasteiger partial charge in [0.15, 0.2) is 18.4 Å². The van der Waals surface area contributed by atoms with Crippen LogP contribution >= 0.6 is 0 Å². The fourth-order valence-corrected chi connectivity index (χ4v) is 5.46. The van der Waals surface area contributed by atoms with Crippen molar-refractivity contribution in [2.75, 3.05) is 13.2 Å². The smallest absolute Gasteiger partial charge is 0.187 e. The first-order valence-corrected chi connectivity index (χ1v) is 13.5. The Bertz CT molecular complexity index is 808. The number of carbonyl (C=O) groups excluding carboxylic acids is 1. The van der Waals surface area contributed by atoms with Crippen LogP contribution in [0, 0.1) is 5.92 Å². The lowest BCUT2D eigenvalue weighted by atomic mass is 9.76. The van der Waals surface area contributed by atoms with E-state index in [1.165, 1.54) is 0 Å². The fourth-order valence-electron chi connectivity index (χ4n) is 5.46. The molecule has 16 nitrogen and oxygen atoms in total. The van der Waals surface area contributed by atoms with Gasteiger partial charge in [0.1, 0.15) is 61.0 Å². The molecule has 1 saturated carbocycles. The Morgan fingerprint density at radius 1 is 0.825 bits per heavy atom. The second-order valence-electron chi connectivity index (χ2n) is 10.8. The number of hydrogen-bond donors (Lipinski definition) is 11. The Hall–Kier alpha value is -0.930. The lowest BCUT2D eigenvalue weighted by molar-refractivity contribution is -0.338. The molecule has 0 aromatic carbocycles. The Morgan fingerprint density at radius 2 is 1.38 bits per heavy atom. The van der Waals surface area contributed by atoms with Crippen molar-refractivity contribution in [1.82, 2.24) is 0 Å². The lowest BCUT2D eigenvalue weighted by Crippen LogP contribution is -2.66. The topological polar surface area (TPSA) is 288 Å². The van der Waals surface area contributed by atoms with Gasteiger partial charge in [0.25, 0.3) is 0 Å². The molecule has 40 heavy (non-hydrogen) atoms. The van der Waals surface area contributed by atoms with Crippen LogP contribution in [0.5, 0.6) is 0 Å². The zero-order valence-electron chi connectivity index (χ0n) is 22.2. The number of Topliss-reactive ketones (excluding diaryl/α,β-unsaturated/α-hetero) is 1. The highest BCUT2D eigenvalue weighted by atomic mass is 16.7. The zero-order chi connectivity index (χ0) is 29.9. The van der Waals surface area contributed by atoms with Crippen molar-refractivity contribution in [2.45, 2.75) is 124 Å². The number of carbonyl (C=O) groups is 1. The summed E-state index contributed by atoms with van der Waals surface area (Å²) in [5.41, 5.74) is 12.2. The molecule has 0 radical (unpaired) electrons. The third-order valence-electron chi connectivity index (χ3n) is 7.90. The van der Waals surface area contributed by atoms with Crippen LogP contribution in [-0.4, -0.2) is 157 Å². The van der Waals surface area contributed by atoms with E-state index < -0.39 is 117 Å². The molecule has 0 aromatic rings. The minimum absolute atomic E-state index is 0.0185. The number of nitrogens with two attached hydrogens (primary N) is 2. The van der Waals surface area contributed by atoms with E-state index in [0.717, 1.165) is 0 Å². The summed E-state index contributed by atoms with van der Waals surface area (Å²) in [4.78, 5) is 12.7. The standard InChI is InChI=1S/C24H44N2O14/c1-2-3-10(29)11(30)5-8-4-9(25)22(40-24-19(35)18(34)16(32)13(7-28)38-24)20(36)21(8)39-23-17(33)14(26)15(31)12(6-27)37-23/h8-10,12-24,27-29,31-36H,2-7,25-26H2,1H3/t8-,9?,10-,12?,13?,14-,15+,16+,17?,18-,19?,20+,21?,22+,23+,24+/m0/s1. The van der Waals surface area contributed by atoms with Gasteiger partial charge in [-0.2, -0.15) is 0 Å². The maximum atomic E-state index is 12.7. The van der Waals surface area contributed by atoms with Gasteiger partial charge in [-0.15, -0.1) is 0 Å². The molecule has 2 aliphatic heterocycles. The van der Waals surface area contributed by atoms with E-state index in [4.69, 9.17) is 30.4 Å². The quantitative estimate of drug-likeness (QED) is 0.108. The van der Waals surface area contributed by atoms with Crippen molar-refractivity contribution in [1.29, 1.82) is 0 Å². The van der Waals surface area contributed by atoms with Crippen LogP contribution in [0.1, 0.15) is 32.6 Å². The highest BCUT2D eigenvalue weighted by Crippen LogP contribution is 2.36. The van der Waals surface area contributed by atoms with E-state index in [-0.39, 0.29) is 19.3 Å². The normalized spacial score (nSPS) is 47.1. The maximum Gasteiger partial charge on any atom is 0.187 e. The molecule has 16 heteroatoms. The van der Waals surface area contributed by atoms with Crippen LogP contribution in [0.3, 0.4) is 0 Å². The number of rotatable bonds is 11. The Labute approximate surface area is 231 Å².